The summed E-state index contributed by atoms with van der Waals surface area (Å²) in [5.74, 6) is -0.748. The number of rotatable bonds is 5. The van der Waals surface area contributed by atoms with Crippen molar-refractivity contribution in [3.63, 3.8) is 0 Å². The van der Waals surface area contributed by atoms with Crippen molar-refractivity contribution in [1.29, 1.82) is 0 Å². The standard InChI is InChI=1S/C32H31NO4/c1-19-10-4-6-12-22(19)28-24-14-7-5-11-21(24)18-32(31(35)36)27-17-16-25(29(28)32)33(27)30(34)20(2)23-13-8-9-15-26(23)37-3/h4-15,25,27-29H,2,16-18H2,1,3H3,(H,35,36). The van der Waals surface area contributed by atoms with Gasteiger partial charge in [0.1, 0.15) is 5.75 Å². The van der Waals surface area contributed by atoms with Gasteiger partial charge in [-0.2, -0.15) is 0 Å². The molecule has 5 heteroatoms. The average molecular weight is 494 g/mol. The number of carboxylic acids is 1. The fraction of sp³-hybridized carbons (Fsp3) is 0.312. The van der Waals surface area contributed by atoms with Crippen molar-refractivity contribution in [1.82, 2.24) is 4.90 Å². The van der Waals surface area contributed by atoms with Crippen LogP contribution in [0.1, 0.15) is 46.6 Å². The van der Waals surface area contributed by atoms with E-state index in [4.69, 9.17) is 4.74 Å². The molecule has 1 N–H and O–H groups in total. The van der Waals surface area contributed by atoms with Crippen LogP contribution in [0.3, 0.4) is 0 Å². The summed E-state index contributed by atoms with van der Waals surface area (Å²) in [5.41, 5.74) is 4.48. The number of carbonyl (C=O) groups is 2. The van der Waals surface area contributed by atoms with E-state index in [1.165, 1.54) is 5.56 Å². The van der Waals surface area contributed by atoms with E-state index < -0.39 is 11.4 Å². The van der Waals surface area contributed by atoms with Gasteiger partial charge < -0.3 is 14.7 Å². The Kier molecular flexibility index (Phi) is 5.48. The number of ether oxygens (including phenoxy) is 1. The second-order valence-corrected chi connectivity index (χ2v) is 10.6. The molecule has 0 radical (unpaired) electrons. The molecule has 1 aliphatic carbocycles. The topological polar surface area (TPSA) is 66.8 Å². The highest BCUT2D eigenvalue weighted by Gasteiger charge is 2.70. The third-order valence-corrected chi connectivity index (χ3v) is 9.11. The predicted octanol–water partition coefficient (Wildman–Crippen LogP) is 5.47. The summed E-state index contributed by atoms with van der Waals surface area (Å²) in [4.78, 5) is 29.4. The molecule has 2 saturated heterocycles. The van der Waals surface area contributed by atoms with Gasteiger partial charge in [-0.1, -0.05) is 73.3 Å². The monoisotopic (exact) mass is 493 g/mol. The number of aliphatic carboxylic acids is 1. The number of nitrogens with zero attached hydrogens (tertiary/aromatic N) is 1. The fourth-order valence-electron chi connectivity index (χ4n) is 7.64. The number of fused-ring (bicyclic) bond motifs is 6. The normalized spacial score (nSPS) is 27.4. The van der Waals surface area contributed by atoms with Crippen molar-refractivity contribution in [2.45, 2.75) is 44.2 Å². The van der Waals surface area contributed by atoms with Crippen LogP contribution in [0.15, 0.2) is 79.4 Å². The molecule has 2 bridgehead atoms. The molecule has 0 spiro atoms. The highest BCUT2D eigenvalue weighted by molar-refractivity contribution is 6.20. The minimum atomic E-state index is -1.05. The summed E-state index contributed by atoms with van der Waals surface area (Å²) in [5, 5.41) is 10.9. The van der Waals surface area contributed by atoms with Crippen LogP contribution >= 0.6 is 0 Å². The van der Waals surface area contributed by atoms with E-state index in [-0.39, 0.29) is 29.8 Å². The molecule has 3 aromatic rings. The Morgan fingerprint density at radius 2 is 1.65 bits per heavy atom. The zero-order valence-corrected chi connectivity index (χ0v) is 21.2. The third-order valence-electron chi connectivity index (χ3n) is 9.11. The molecule has 5 unspecified atom stereocenters. The molecular weight excluding hydrogens is 462 g/mol. The van der Waals surface area contributed by atoms with E-state index in [9.17, 15) is 14.7 Å². The molecule has 188 valence electrons. The lowest BCUT2D eigenvalue weighted by atomic mass is 9.53. The summed E-state index contributed by atoms with van der Waals surface area (Å²) in [6.45, 7) is 6.26. The Morgan fingerprint density at radius 1 is 0.973 bits per heavy atom. The molecule has 1 amide bonds. The molecule has 0 saturated carbocycles. The molecule has 37 heavy (non-hydrogen) atoms. The van der Waals surface area contributed by atoms with E-state index in [2.05, 4.69) is 37.8 Å². The zero-order valence-electron chi connectivity index (χ0n) is 21.2. The third kappa shape index (κ3) is 3.23. The second-order valence-electron chi connectivity index (χ2n) is 10.6. The van der Waals surface area contributed by atoms with E-state index in [1.54, 1.807) is 7.11 Å². The van der Waals surface area contributed by atoms with Gasteiger partial charge in [0.25, 0.3) is 5.91 Å². The number of hydrogen-bond donors (Lipinski definition) is 1. The Morgan fingerprint density at radius 3 is 2.38 bits per heavy atom. The summed E-state index contributed by atoms with van der Waals surface area (Å²) in [6.07, 6.45) is 1.90. The highest BCUT2D eigenvalue weighted by atomic mass is 16.5. The summed E-state index contributed by atoms with van der Waals surface area (Å²) < 4.78 is 5.51. The van der Waals surface area contributed by atoms with E-state index in [1.807, 2.05) is 53.4 Å². The van der Waals surface area contributed by atoms with Gasteiger partial charge in [0.2, 0.25) is 0 Å². The maximum Gasteiger partial charge on any atom is 0.312 e. The maximum absolute atomic E-state index is 14.1. The van der Waals surface area contributed by atoms with Gasteiger partial charge in [0.05, 0.1) is 12.5 Å². The molecule has 6 rings (SSSR count). The van der Waals surface area contributed by atoms with Gasteiger partial charge >= 0.3 is 5.97 Å². The van der Waals surface area contributed by atoms with Gasteiger partial charge in [0.15, 0.2) is 0 Å². The smallest absolute Gasteiger partial charge is 0.312 e. The van der Waals surface area contributed by atoms with Crippen LogP contribution in [0.2, 0.25) is 0 Å². The molecular formula is C32H31NO4. The first-order chi connectivity index (χ1) is 17.9. The van der Waals surface area contributed by atoms with Crippen LogP contribution in [0, 0.1) is 18.3 Å². The number of amides is 1. The number of methoxy groups -OCH3 is 1. The fourth-order valence-corrected chi connectivity index (χ4v) is 7.64. The Bertz CT molecular complexity index is 1430. The number of aryl methyl sites for hydroxylation is 1. The van der Waals surface area contributed by atoms with Gasteiger partial charge in [0, 0.05) is 35.1 Å². The highest BCUT2D eigenvalue weighted by Crippen LogP contribution is 2.64. The van der Waals surface area contributed by atoms with Crippen molar-refractivity contribution in [2.75, 3.05) is 7.11 Å². The molecule has 0 aromatic heterocycles. The zero-order chi connectivity index (χ0) is 25.9. The van der Waals surface area contributed by atoms with Gasteiger partial charge in [-0.25, -0.2) is 0 Å². The van der Waals surface area contributed by atoms with Crippen LogP contribution in [0.4, 0.5) is 0 Å². The van der Waals surface area contributed by atoms with Gasteiger partial charge in [-0.3, -0.25) is 9.59 Å². The maximum atomic E-state index is 14.1. The summed E-state index contributed by atoms with van der Waals surface area (Å²) in [6, 6.07) is 23.3. The molecule has 2 fully saturated rings. The molecule has 3 aromatic carbocycles. The number of carboxylic acid groups (broad SMARTS) is 1. The summed E-state index contributed by atoms with van der Waals surface area (Å²) in [7, 11) is 1.58. The first kappa shape index (κ1) is 23.5. The molecule has 5 atom stereocenters. The van der Waals surface area contributed by atoms with E-state index >= 15 is 0 Å². The van der Waals surface area contributed by atoms with Gasteiger partial charge in [-0.15, -0.1) is 0 Å². The summed E-state index contributed by atoms with van der Waals surface area (Å²) >= 11 is 0. The Balaban J connectivity index is 1.51. The molecule has 2 heterocycles. The van der Waals surface area contributed by atoms with Crippen LogP contribution in [0.25, 0.3) is 5.57 Å². The lowest BCUT2D eigenvalue weighted by Crippen LogP contribution is -2.53. The molecule has 2 aliphatic heterocycles. The number of benzene rings is 3. The minimum absolute atomic E-state index is 0.104. The number of carbonyl (C=O) groups excluding carboxylic acids is 1. The average Bonchev–Trinajstić information content (AvgIpc) is 3.47. The quantitative estimate of drug-likeness (QED) is 0.479. The van der Waals surface area contributed by atoms with Crippen LogP contribution < -0.4 is 4.74 Å². The van der Waals surface area contributed by atoms with Crippen molar-refractivity contribution >= 4 is 17.4 Å². The van der Waals surface area contributed by atoms with Crippen molar-refractivity contribution in [3.8, 4) is 5.75 Å². The number of para-hydroxylation sites is 1. The first-order valence-corrected chi connectivity index (χ1v) is 12.9. The molecule has 5 nitrogen and oxygen atoms in total. The number of hydrogen-bond acceptors (Lipinski definition) is 3. The van der Waals surface area contributed by atoms with Crippen LogP contribution in [0.5, 0.6) is 5.75 Å². The first-order valence-electron chi connectivity index (χ1n) is 12.9. The lowest BCUT2D eigenvalue weighted by Gasteiger charge is -2.47. The minimum Gasteiger partial charge on any atom is -0.496 e. The SMILES string of the molecule is C=C(C(=O)N1C2CCC1C1(C(=O)O)Cc3ccccc3C(c3ccccc3C)C21)c1ccccc1OC. The predicted molar refractivity (Wildman–Crippen MR) is 142 cm³/mol. The van der Waals surface area contributed by atoms with Crippen molar-refractivity contribution in [2.24, 2.45) is 11.3 Å². The largest absolute Gasteiger partial charge is 0.496 e. The Hall–Kier alpha value is -3.86. The van der Waals surface area contributed by atoms with Crippen LogP contribution in [-0.2, 0) is 16.0 Å². The molecule has 3 aliphatic rings. The second kappa shape index (κ2) is 8.62. The van der Waals surface area contributed by atoms with Crippen molar-refractivity contribution in [3.05, 3.63) is 107 Å². The van der Waals surface area contributed by atoms with Crippen LogP contribution in [-0.4, -0.2) is 41.1 Å². The Labute approximate surface area is 217 Å². The van der Waals surface area contributed by atoms with E-state index in [0.717, 1.165) is 23.1 Å². The lowest BCUT2D eigenvalue weighted by molar-refractivity contribution is -0.155. The van der Waals surface area contributed by atoms with Crippen molar-refractivity contribution < 1.29 is 19.4 Å². The van der Waals surface area contributed by atoms with Gasteiger partial charge in [-0.05, 0) is 54.5 Å². The van der Waals surface area contributed by atoms with E-state index in [0.29, 0.717) is 29.7 Å².